The predicted octanol–water partition coefficient (Wildman–Crippen LogP) is 9.74. The minimum absolute atomic E-state index is 0.480. The molecule has 0 amide bonds. The molecule has 0 N–H and O–H groups in total. The molecule has 7 aromatic carbocycles. The van der Waals surface area contributed by atoms with Crippen LogP contribution >= 0.6 is 25.0 Å². The predicted molar refractivity (Wildman–Crippen MR) is 214 cm³/mol. The van der Waals surface area contributed by atoms with E-state index in [1.165, 1.54) is 64.6 Å². The average molecular weight is 875 g/mol. The summed E-state index contributed by atoms with van der Waals surface area (Å²) in [5, 5.41) is 18.7. The van der Waals surface area contributed by atoms with E-state index in [-0.39, 0.29) is 0 Å². The number of aryl methyl sites for hydroxylation is 2. The fourth-order valence-corrected chi connectivity index (χ4v) is 13.2. The van der Waals surface area contributed by atoms with E-state index in [0.29, 0.717) is 0 Å². The van der Waals surface area contributed by atoms with Gasteiger partial charge in [-0.3, -0.25) is 0 Å². The van der Waals surface area contributed by atoms with Crippen molar-refractivity contribution in [2.45, 2.75) is 19.8 Å². The molecule has 247 valence electrons. The molecule has 0 saturated heterocycles. The van der Waals surface area contributed by atoms with Crippen molar-refractivity contribution in [3.05, 3.63) is 175 Å². The number of benzene rings is 7. The summed E-state index contributed by atoms with van der Waals surface area (Å²) in [5.74, 6) is 0. The fraction of sp³-hybridized carbons (Fsp3) is 0.114. The Morgan fingerprint density at radius 1 is 0.490 bits per heavy atom. The molecular formula is C44H38AuClNP2. The Balaban J connectivity index is 0.00000134. The van der Waals surface area contributed by atoms with Gasteiger partial charge in [0.05, 0.1) is 6.07 Å². The Hall–Kier alpha value is -3.56. The van der Waals surface area contributed by atoms with Gasteiger partial charge < -0.3 is 0 Å². The standard InChI is InChI=1S/C42H35P2.C2H3N.Au.ClH/c1-5-17-33(18-6-1)43(34-19-7-2-8-20-34)31-29-41-37-25-13-15-27-39(37)42(40-28-16-14-26-38(40)41)30-32-44(35-21-9-3-10-22-35)36-23-11-4-12-24-36;1-2-3;;/h1-27H,29-32H2;1H3;;1H/q;;+1;/p-1. The quantitative estimate of drug-likeness (QED) is 0.0722. The van der Waals surface area contributed by atoms with Crippen LogP contribution in [0.1, 0.15) is 18.1 Å². The monoisotopic (exact) mass is 874 g/mol. The van der Waals surface area contributed by atoms with E-state index in [1.54, 1.807) is 6.07 Å². The molecule has 0 fully saturated rings. The molecule has 0 atom stereocenters. The molecule has 7 aromatic rings. The summed E-state index contributed by atoms with van der Waals surface area (Å²) >= 11 is -0.480. The molecule has 0 aromatic heterocycles. The maximum atomic E-state index is 7.32. The van der Waals surface area contributed by atoms with Crippen LogP contribution < -0.4 is 25.0 Å². The van der Waals surface area contributed by atoms with E-state index in [9.17, 15) is 0 Å². The SMILES string of the molecule is CC#N.[Cl][Au][c]1cccc2c(CCP(c3ccccc3)c3ccccc3)c3ccccc3c(CCP(c3ccccc3)c3ccccc3)c12. The number of hydrogen-bond acceptors (Lipinski definition) is 1. The summed E-state index contributed by atoms with van der Waals surface area (Å²) in [4.78, 5) is 0. The Morgan fingerprint density at radius 2 is 0.837 bits per heavy atom. The first kappa shape index (κ1) is 35.3. The van der Waals surface area contributed by atoms with Crippen LogP contribution in [0.25, 0.3) is 21.5 Å². The normalized spacial score (nSPS) is 11.1. The van der Waals surface area contributed by atoms with E-state index < -0.39 is 34.5 Å². The number of nitriles is 1. The molecule has 0 aliphatic carbocycles. The number of nitrogens with zero attached hydrogens (tertiary/aromatic N) is 1. The third kappa shape index (κ3) is 8.43. The van der Waals surface area contributed by atoms with Crippen molar-refractivity contribution < 1.29 is 18.7 Å². The molecule has 0 bridgehead atoms. The number of rotatable bonds is 11. The van der Waals surface area contributed by atoms with Crippen molar-refractivity contribution in [2.75, 3.05) is 12.3 Å². The molecule has 0 aliphatic heterocycles. The zero-order valence-electron chi connectivity index (χ0n) is 27.4. The maximum absolute atomic E-state index is 7.32. The van der Waals surface area contributed by atoms with Crippen LogP contribution in [0.4, 0.5) is 0 Å². The fourth-order valence-electron chi connectivity index (χ4n) is 6.61. The molecule has 0 aliphatic rings. The molecule has 0 unspecified atom stereocenters. The average Bonchev–Trinajstić information content (AvgIpc) is 3.17. The van der Waals surface area contributed by atoms with Crippen molar-refractivity contribution in [1.29, 1.82) is 5.26 Å². The second-order valence-electron chi connectivity index (χ2n) is 11.5. The number of hydrogen-bond donors (Lipinski definition) is 0. The van der Waals surface area contributed by atoms with Crippen LogP contribution in [0.3, 0.4) is 0 Å². The second-order valence-corrected chi connectivity index (χ2v) is 18.7. The summed E-state index contributed by atoms with van der Waals surface area (Å²) < 4.78 is 1.33. The van der Waals surface area contributed by atoms with E-state index >= 15 is 0 Å². The molecule has 0 spiro atoms. The molecule has 0 saturated carbocycles. The van der Waals surface area contributed by atoms with Crippen molar-refractivity contribution in [3.8, 4) is 6.07 Å². The Labute approximate surface area is 306 Å². The molecule has 0 radical (unpaired) electrons. The first-order valence-electron chi connectivity index (χ1n) is 16.4. The Kier molecular flexibility index (Phi) is 12.9. The zero-order chi connectivity index (χ0) is 33.8. The topological polar surface area (TPSA) is 23.8 Å². The number of fused-ring (bicyclic) bond motifs is 2. The van der Waals surface area contributed by atoms with Crippen molar-refractivity contribution in [2.24, 2.45) is 0 Å². The third-order valence-electron chi connectivity index (χ3n) is 8.69. The first-order valence-corrected chi connectivity index (χ1v) is 23.3. The van der Waals surface area contributed by atoms with Gasteiger partial charge in [0.15, 0.2) is 0 Å². The summed E-state index contributed by atoms with van der Waals surface area (Å²) in [6, 6.07) is 62.2. The zero-order valence-corrected chi connectivity index (χ0v) is 32.1. The molecule has 0 heterocycles. The molecule has 7 rings (SSSR count). The second kappa shape index (κ2) is 17.9. The van der Waals surface area contributed by atoms with E-state index in [2.05, 4.69) is 164 Å². The van der Waals surface area contributed by atoms with Crippen LogP contribution in [0.5, 0.6) is 0 Å². The van der Waals surface area contributed by atoms with Crippen molar-refractivity contribution >= 4 is 71.6 Å². The van der Waals surface area contributed by atoms with Crippen LogP contribution in [0.15, 0.2) is 164 Å². The van der Waals surface area contributed by atoms with Crippen LogP contribution in [-0.2, 0) is 31.5 Å². The van der Waals surface area contributed by atoms with Crippen molar-refractivity contribution in [1.82, 2.24) is 0 Å². The van der Waals surface area contributed by atoms with Gasteiger partial charge in [0.2, 0.25) is 0 Å². The van der Waals surface area contributed by atoms with Gasteiger partial charge >= 0.3 is 290 Å². The van der Waals surface area contributed by atoms with Crippen LogP contribution in [0.2, 0.25) is 0 Å². The first-order chi connectivity index (χ1) is 24.2. The minimum atomic E-state index is -0.496. The van der Waals surface area contributed by atoms with Gasteiger partial charge in [-0.25, -0.2) is 0 Å². The van der Waals surface area contributed by atoms with Gasteiger partial charge in [-0.2, -0.15) is 5.26 Å². The summed E-state index contributed by atoms with van der Waals surface area (Å²) in [6.45, 7) is 1.43. The third-order valence-corrected chi connectivity index (χ3v) is 16.1. The molecular weight excluding hydrogens is 837 g/mol. The van der Waals surface area contributed by atoms with Gasteiger partial charge in [-0.05, 0) is 0 Å². The Bertz CT molecular complexity index is 2060. The molecule has 49 heavy (non-hydrogen) atoms. The van der Waals surface area contributed by atoms with E-state index in [4.69, 9.17) is 14.5 Å². The Morgan fingerprint density at radius 3 is 1.24 bits per heavy atom. The van der Waals surface area contributed by atoms with Crippen molar-refractivity contribution in [3.63, 3.8) is 0 Å². The number of halogens is 1. The summed E-state index contributed by atoms with van der Waals surface area (Å²) in [5.41, 5.74) is 2.94. The van der Waals surface area contributed by atoms with Gasteiger partial charge in [-0.1, -0.05) is 0 Å². The van der Waals surface area contributed by atoms with Crippen LogP contribution in [-0.4, -0.2) is 12.3 Å². The van der Waals surface area contributed by atoms with E-state index in [1.807, 2.05) is 0 Å². The summed E-state index contributed by atoms with van der Waals surface area (Å²) in [6.07, 6.45) is 4.25. The van der Waals surface area contributed by atoms with Gasteiger partial charge in [0.1, 0.15) is 0 Å². The van der Waals surface area contributed by atoms with E-state index in [0.717, 1.165) is 25.2 Å². The molecule has 1 nitrogen and oxygen atoms in total. The summed E-state index contributed by atoms with van der Waals surface area (Å²) in [7, 11) is 5.84. The van der Waals surface area contributed by atoms with Gasteiger partial charge in [-0.15, -0.1) is 0 Å². The van der Waals surface area contributed by atoms with Gasteiger partial charge in [0.25, 0.3) is 0 Å². The van der Waals surface area contributed by atoms with Gasteiger partial charge in [0, 0.05) is 6.92 Å². The van der Waals surface area contributed by atoms with Crippen LogP contribution in [0, 0.1) is 11.3 Å². The molecule has 5 heteroatoms.